The summed E-state index contributed by atoms with van der Waals surface area (Å²) in [6.07, 6.45) is 0. The molecule has 0 radical (unpaired) electrons. The van der Waals surface area contributed by atoms with Crippen molar-refractivity contribution in [2.24, 2.45) is 0 Å². The molecule has 0 aromatic heterocycles. The molecule has 0 aliphatic rings. The monoisotopic (exact) mass is 267 g/mol. The van der Waals surface area contributed by atoms with Crippen LogP contribution in [0.1, 0.15) is 5.56 Å². The first-order valence-electron chi connectivity index (χ1n) is 5.08. The maximum Gasteiger partial charge on any atom is 0.125 e. The molecule has 17 heavy (non-hydrogen) atoms. The highest BCUT2D eigenvalue weighted by Crippen LogP contribution is 2.30. The summed E-state index contributed by atoms with van der Waals surface area (Å²) in [4.78, 5) is 0.998. The first-order valence-corrected chi connectivity index (χ1v) is 6.44. The summed E-state index contributed by atoms with van der Waals surface area (Å²) in [7, 11) is 0. The van der Waals surface area contributed by atoms with E-state index in [0.29, 0.717) is 11.4 Å². The summed E-state index contributed by atoms with van der Waals surface area (Å²) in [6, 6.07) is 12.1. The number of anilines is 1. The van der Waals surface area contributed by atoms with Gasteiger partial charge in [-0.1, -0.05) is 29.8 Å². The highest BCUT2D eigenvalue weighted by molar-refractivity contribution is 7.98. The normalized spacial score (nSPS) is 10.5. The Bertz CT molecular complexity index is 531. The standard InChI is InChI=1S/C13H11ClFNS/c14-11-3-1-2-4-13(11)17-8-9-5-6-10(15)7-12(9)16/h1-7H,8,16H2. The van der Waals surface area contributed by atoms with Gasteiger partial charge in [-0.25, -0.2) is 4.39 Å². The van der Waals surface area contributed by atoms with Gasteiger partial charge in [0.25, 0.3) is 0 Å². The summed E-state index contributed by atoms with van der Waals surface area (Å²) in [5, 5.41) is 0.721. The molecule has 0 spiro atoms. The van der Waals surface area contributed by atoms with E-state index in [0.717, 1.165) is 15.5 Å². The molecule has 88 valence electrons. The first kappa shape index (κ1) is 12.3. The van der Waals surface area contributed by atoms with Crippen LogP contribution in [-0.2, 0) is 5.75 Å². The Morgan fingerprint density at radius 3 is 2.65 bits per heavy atom. The van der Waals surface area contributed by atoms with Gasteiger partial charge in [0.05, 0.1) is 5.02 Å². The number of hydrogen-bond acceptors (Lipinski definition) is 2. The number of hydrogen-bond donors (Lipinski definition) is 1. The molecule has 0 saturated heterocycles. The predicted molar refractivity (Wildman–Crippen MR) is 71.8 cm³/mol. The Morgan fingerprint density at radius 1 is 1.18 bits per heavy atom. The molecule has 2 N–H and O–H groups in total. The van der Waals surface area contributed by atoms with Gasteiger partial charge in [-0.3, -0.25) is 0 Å². The van der Waals surface area contributed by atoms with E-state index >= 15 is 0 Å². The van der Waals surface area contributed by atoms with Crippen LogP contribution in [0.25, 0.3) is 0 Å². The lowest BCUT2D eigenvalue weighted by atomic mass is 10.2. The molecule has 2 aromatic carbocycles. The van der Waals surface area contributed by atoms with Crippen LogP contribution in [0.2, 0.25) is 5.02 Å². The zero-order valence-corrected chi connectivity index (χ0v) is 10.6. The number of benzene rings is 2. The molecule has 0 fully saturated rings. The number of thioether (sulfide) groups is 1. The second-order valence-corrected chi connectivity index (χ2v) is 4.99. The second-order valence-electron chi connectivity index (χ2n) is 3.56. The van der Waals surface area contributed by atoms with Gasteiger partial charge in [0, 0.05) is 16.3 Å². The maximum absolute atomic E-state index is 12.9. The summed E-state index contributed by atoms with van der Waals surface area (Å²) in [5.41, 5.74) is 7.13. The number of nitrogens with two attached hydrogens (primary N) is 1. The first-order chi connectivity index (χ1) is 8.16. The van der Waals surface area contributed by atoms with Crippen molar-refractivity contribution in [3.63, 3.8) is 0 Å². The van der Waals surface area contributed by atoms with Crippen LogP contribution in [0, 0.1) is 5.82 Å². The van der Waals surface area contributed by atoms with Gasteiger partial charge >= 0.3 is 0 Å². The molecular formula is C13H11ClFNS. The Labute approximate surface area is 109 Å². The van der Waals surface area contributed by atoms with Crippen molar-refractivity contribution in [2.75, 3.05) is 5.73 Å². The summed E-state index contributed by atoms with van der Waals surface area (Å²) in [5.74, 6) is 0.365. The zero-order chi connectivity index (χ0) is 12.3. The Kier molecular flexibility index (Phi) is 3.92. The van der Waals surface area contributed by atoms with Crippen molar-refractivity contribution in [1.29, 1.82) is 0 Å². The molecule has 0 atom stereocenters. The highest BCUT2D eigenvalue weighted by atomic mass is 35.5. The molecule has 4 heteroatoms. The van der Waals surface area contributed by atoms with E-state index in [1.807, 2.05) is 24.3 Å². The minimum absolute atomic E-state index is 0.311. The number of rotatable bonds is 3. The molecule has 1 nitrogen and oxygen atoms in total. The van der Waals surface area contributed by atoms with Gasteiger partial charge in [-0.2, -0.15) is 0 Å². The van der Waals surface area contributed by atoms with Gasteiger partial charge < -0.3 is 5.73 Å². The fourth-order valence-electron chi connectivity index (χ4n) is 1.41. The SMILES string of the molecule is Nc1cc(F)ccc1CSc1ccccc1Cl. The van der Waals surface area contributed by atoms with Gasteiger partial charge in [-0.15, -0.1) is 11.8 Å². The molecule has 0 amide bonds. The molecule has 2 rings (SSSR count). The van der Waals surface area contributed by atoms with E-state index in [2.05, 4.69) is 0 Å². The quantitative estimate of drug-likeness (QED) is 0.661. The van der Waals surface area contributed by atoms with Gasteiger partial charge in [0.15, 0.2) is 0 Å². The third-order valence-electron chi connectivity index (χ3n) is 2.33. The average Bonchev–Trinajstić information content (AvgIpc) is 2.30. The molecule has 0 bridgehead atoms. The molecule has 0 heterocycles. The van der Waals surface area contributed by atoms with E-state index in [4.69, 9.17) is 17.3 Å². The van der Waals surface area contributed by atoms with Crippen LogP contribution < -0.4 is 5.73 Å². The van der Waals surface area contributed by atoms with E-state index in [9.17, 15) is 4.39 Å². The largest absolute Gasteiger partial charge is 0.398 e. The van der Waals surface area contributed by atoms with Crippen molar-refractivity contribution < 1.29 is 4.39 Å². The van der Waals surface area contributed by atoms with Crippen LogP contribution in [0.15, 0.2) is 47.4 Å². The molecule has 0 saturated carbocycles. The molecule has 0 aliphatic heterocycles. The average molecular weight is 268 g/mol. The molecule has 0 aliphatic carbocycles. The van der Waals surface area contributed by atoms with Crippen LogP contribution in [0.3, 0.4) is 0 Å². The Balaban J connectivity index is 2.10. The summed E-state index contributed by atoms with van der Waals surface area (Å²) in [6.45, 7) is 0. The summed E-state index contributed by atoms with van der Waals surface area (Å²) >= 11 is 7.63. The van der Waals surface area contributed by atoms with Crippen molar-refractivity contribution in [2.45, 2.75) is 10.6 Å². The fraction of sp³-hybridized carbons (Fsp3) is 0.0769. The van der Waals surface area contributed by atoms with E-state index in [-0.39, 0.29) is 5.82 Å². The highest BCUT2D eigenvalue weighted by Gasteiger charge is 2.04. The lowest BCUT2D eigenvalue weighted by molar-refractivity contribution is 0.628. The molecule has 0 unspecified atom stereocenters. The molecule has 2 aromatic rings. The van der Waals surface area contributed by atoms with Crippen LogP contribution >= 0.6 is 23.4 Å². The third-order valence-corrected chi connectivity index (χ3v) is 3.89. The zero-order valence-electron chi connectivity index (χ0n) is 8.99. The van der Waals surface area contributed by atoms with Gasteiger partial charge in [0.1, 0.15) is 5.82 Å². The van der Waals surface area contributed by atoms with Crippen molar-refractivity contribution in [3.8, 4) is 0 Å². The van der Waals surface area contributed by atoms with Crippen LogP contribution in [-0.4, -0.2) is 0 Å². The Hall–Kier alpha value is -1.19. The fourth-order valence-corrected chi connectivity index (χ4v) is 2.67. The van der Waals surface area contributed by atoms with E-state index in [1.165, 1.54) is 12.1 Å². The van der Waals surface area contributed by atoms with E-state index < -0.39 is 0 Å². The van der Waals surface area contributed by atoms with E-state index in [1.54, 1.807) is 17.8 Å². The van der Waals surface area contributed by atoms with Crippen molar-refractivity contribution in [3.05, 3.63) is 58.9 Å². The second kappa shape index (κ2) is 5.43. The topological polar surface area (TPSA) is 26.0 Å². The van der Waals surface area contributed by atoms with Crippen LogP contribution in [0.5, 0.6) is 0 Å². The number of halogens is 2. The minimum Gasteiger partial charge on any atom is -0.398 e. The Morgan fingerprint density at radius 2 is 1.94 bits per heavy atom. The smallest absolute Gasteiger partial charge is 0.125 e. The van der Waals surface area contributed by atoms with Crippen molar-refractivity contribution >= 4 is 29.1 Å². The van der Waals surface area contributed by atoms with Crippen LogP contribution in [0.4, 0.5) is 10.1 Å². The lowest BCUT2D eigenvalue weighted by Gasteiger charge is -2.06. The number of nitrogen functional groups attached to an aromatic ring is 1. The molecular weight excluding hydrogens is 257 g/mol. The van der Waals surface area contributed by atoms with Gasteiger partial charge in [0.2, 0.25) is 0 Å². The summed E-state index contributed by atoms with van der Waals surface area (Å²) < 4.78 is 12.9. The lowest BCUT2D eigenvalue weighted by Crippen LogP contribution is -1.93. The van der Waals surface area contributed by atoms with Crippen molar-refractivity contribution in [1.82, 2.24) is 0 Å². The predicted octanol–water partition coefficient (Wildman–Crippen LogP) is 4.35. The third kappa shape index (κ3) is 3.14. The maximum atomic E-state index is 12.9. The minimum atomic E-state index is -0.311. The van der Waals surface area contributed by atoms with Gasteiger partial charge in [-0.05, 0) is 29.8 Å².